The molecule has 150 valence electrons. The van der Waals surface area contributed by atoms with Gasteiger partial charge in [-0.3, -0.25) is 9.10 Å². The highest BCUT2D eigenvalue weighted by Gasteiger charge is 2.27. The number of piperazine rings is 1. The molecule has 0 N–H and O–H groups in total. The van der Waals surface area contributed by atoms with Crippen LogP contribution in [0.15, 0.2) is 48.5 Å². The van der Waals surface area contributed by atoms with Gasteiger partial charge < -0.3 is 9.80 Å². The van der Waals surface area contributed by atoms with E-state index in [1.165, 1.54) is 12.1 Å². The minimum absolute atomic E-state index is 0.222. The number of aryl methyl sites for hydroxylation is 1. The van der Waals surface area contributed by atoms with Gasteiger partial charge in [-0.25, -0.2) is 12.8 Å². The van der Waals surface area contributed by atoms with Crippen molar-refractivity contribution >= 4 is 27.3 Å². The summed E-state index contributed by atoms with van der Waals surface area (Å²) in [4.78, 5) is 16.5. The number of benzene rings is 2. The number of amides is 1. The third kappa shape index (κ3) is 4.62. The second-order valence-electron chi connectivity index (χ2n) is 6.90. The quantitative estimate of drug-likeness (QED) is 0.766. The predicted molar refractivity (Wildman–Crippen MR) is 109 cm³/mol. The van der Waals surface area contributed by atoms with Crippen LogP contribution in [0.3, 0.4) is 0 Å². The summed E-state index contributed by atoms with van der Waals surface area (Å²) in [5, 5.41) is 0. The fraction of sp³-hybridized carbons (Fsp3) is 0.350. The molecule has 1 saturated heterocycles. The number of para-hydroxylation sites is 1. The molecule has 28 heavy (non-hydrogen) atoms. The number of sulfonamides is 1. The van der Waals surface area contributed by atoms with Gasteiger partial charge in [0.15, 0.2) is 0 Å². The van der Waals surface area contributed by atoms with Crippen molar-refractivity contribution in [1.82, 2.24) is 4.90 Å². The van der Waals surface area contributed by atoms with E-state index in [9.17, 15) is 17.6 Å². The molecular formula is C20H24FN3O3S. The minimum Gasteiger partial charge on any atom is -0.368 e. The zero-order valence-corrected chi connectivity index (χ0v) is 16.8. The maximum Gasteiger partial charge on any atom is 0.243 e. The standard InChI is InChI=1S/C20H24FN3O3S/c1-16-5-3-4-6-19(16)24(28(2,26)27)15-20(25)23-13-11-22(12-14-23)18-9-7-17(21)8-10-18/h3-10H,11-15H2,1-2H3. The Bertz CT molecular complexity index is 939. The van der Waals surface area contributed by atoms with Gasteiger partial charge in [0.05, 0.1) is 11.9 Å². The van der Waals surface area contributed by atoms with E-state index in [2.05, 4.69) is 4.90 Å². The van der Waals surface area contributed by atoms with Gasteiger partial charge in [-0.1, -0.05) is 18.2 Å². The lowest BCUT2D eigenvalue weighted by atomic mass is 10.2. The highest BCUT2D eigenvalue weighted by Crippen LogP contribution is 2.22. The average Bonchev–Trinajstić information content (AvgIpc) is 2.66. The number of hydrogen-bond donors (Lipinski definition) is 0. The molecule has 1 fully saturated rings. The number of anilines is 2. The van der Waals surface area contributed by atoms with Crippen molar-refractivity contribution in [2.75, 3.05) is 48.2 Å². The lowest BCUT2D eigenvalue weighted by Crippen LogP contribution is -2.52. The molecule has 1 amide bonds. The molecular weight excluding hydrogens is 381 g/mol. The molecule has 0 bridgehead atoms. The Morgan fingerprint density at radius 2 is 1.64 bits per heavy atom. The Morgan fingerprint density at radius 1 is 1.04 bits per heavy atom. The van der Waals surface area contributed by atoms with Crippen molar-refractivity contribution in [2.24, 2.45) is 0 Å². The van der Waals surface area contributed by atoms with E-state index in [0.717, 1.165) is 21.8 Å². The Kier molecular flexibility index (Phi) is 5.88. The van der Waals surface area contributed by atoms with Crippen LogP contribution < -0.4 is 9.21 Å². The molecule has 2 aromatic rings. The number of rotatable bonds is 5. The van der Waals surface area contributed by atoms with Crippen molar-refractivity contribution < 1.29 is 17.6 Å². The van der Waals surface area contributed by atoms with Gasteiger partial charge in [-0.2, -0.15) is 0 Å². The maximum atomic E-state index is 13.1. The van der Waals surface area contributed by atoms with Gasteiger partial charge in [-0.05, 0) is 42.8 Å². The van der Waals surface area contributed by atoms with Crippen molar-refractivity contribution in [2.45, 2.75) is 6.92 Å². The van der Waals surface area contributed by atoms with Crippen LogP contribution in [-0.4, -0.2) is 58.2 Å². The molecule has 1 heterocycles. The Labute approximate surface area is 165 Å². The summed E-state index contributed by atoms with van der Waals surface area (Å²) in [5.74, 6) is -0.512. The van der Waals surface area contributed by atoms with Gasteiger partial charge in [0, 0.05) is 31.9 Å². The van der Waals surface area contributed by atoms with Crippen LogP contribution in [0.1, 0.15) is 5.56 Å². The summed E-state index contributed by atoms with van der Waals surface area (Å²) in [5.41, 5.74) is 2.22. The highest BCUT2D eigenvalue weighted by molar-refractivity contribution is 7.92. The zero-order chi connectivity index (χ0) is 20.3. The normalized spacial score (nSPS) is 14.8. The summed E-state index contributed by atoms with van der Waals surface area (Å²) in [7, 11) is -3.59. The molecule has 1 aliphatic rings. The lowest BCUT2D eigenvalue weighted by Gasteiger charge is -2.37. The smallest absolute Gasteiger partial charge is 0.243 e. The summed E-state index contributed by atoms with van der Waals surface area (Å²) >= 11 is 0. The first kappa shape index (κ1) is 20.1. The number of nitrogens with zero attached hydrogens (tertiary/aromatic N) is 3. The van der Waals surface area contributed by atoms with Crippen LogP contribution in [0.2, 0.25) is 0 Å². The van der Waals surface area contributed by atoms with Crippen LogP contribution in [0, 0.1) is 12.7 Å². The molecule has 1 aliphatic heterocycles. The molecule has 3 rings (SSSR count). The van der Waals surface area contributed by atoms with E-state index in [0.29, 0.717) is 31.9 Å². The summed E-state index contributed by atoms with van der Waals surface area (Å²) in [6.45, 7) is 3.80. The number of hydrogen-bond acceptors (Lipinski definition) is 4. The first-order chi connectivity index (χ1) is 13.3. The average molecular weight is 405 g/mol. The van der Waals surface area contributed by atoms with Crippen molar-refractivity contribution in [3.8, 4) is 0 Å². The molecule has 0 radical (unpaired) electrons. The number of halogens is 1. The monoisotopic (exact) mass is 405 g/mol. The first-order valence-corrected chi connectivity index (χ1v) is 10.9. The Balaban J connectivity index is 1.67. The van der Waals surface area contributed by atoms with E-state index in [4.69, 9.17) is 0 Å². The zero-order valence-electron chi connectivity index (χ0n) is 16.0. The van der Waals surface area contributed by atoms with Crippen molar-refractivity contribution in [1.29, 1.82) is 0 Å². The fourth-order valence-corrected chi connectivity index (χ4v) is 4.22. The summed E-state index contributed by atoms with van der Waals surface area (Å²) in [6.07, 6.45) is 1.11. The van der Waals surface area contributed by atoms with Gasteiger partial charge in [0.25, 0.3) is 0 Å². The minimum atomic E-state index is -3.59. The van der Waals surface area contributed by atoms with Gasteiger partial charge in [-0.15, -0.1) is 0 Å². The largest absolute Gasteiger partial charge is 0.368 e. The molecule has 0 aromatic heterocycles. The maximum absolute atomic E-state index is 13.1. The topological polar surface area (TPSA) is 60.9 Å². The molecule has 0 unspecified atom stereocenters. The molecule has 0 aliphatic carbocycles. The third-order valence-electron chi connectivity index (χ3n) is 4.89. The van der Waals surface area contributed by atoms with E-state index < -0.39 is 10.0 Å². The molecule has 6 nitrogen and oxygen atoms in total. The number of carbonyl (C=O) groups is 1. The second kappa shape index (κ2) is 8.18. The van der Waals surface area contributed by atoms with Gasteiger partial charge >= 0.3 is 0 Å². The number of carbonyl (C=O) groups excluding carboxylic acids is 1. The SMILES string of the molecule is Cc1ccccc1N(CC(=O)N1CCN(c2ccc(F)cc2)CC1)S(C)(=O)=O. The summed E-state index contributed by atoms with van der Waals surface area (Å²) in [6, 6.07) is 13.4. The second-order valence-corrected chi connectivity index (χ2v) is 8.81. The van der Waals surface area contributed by atoms with Crippen LogP contribution >= 0.6 is 0 Å². The fourth-order valence-electron chi connectivity index (χ4n) is 3.31. The molecule has 0 atom stereocenters. The van der Waals surface area contributed by atoms with E-state index in [1.54, 1.807) is 29.2 Å². The third-order valence-corrected chi connectivity index (χ3v) is 6.01. The van der Waals surface area contributed by atoms with Crippen molar-refractivity contribution in [3.63, 3.8) is 0 Å². The lowest BCUT2D eigenvalue weighted by molar-refractivity contribution is -0.129. The van der Waals surface area contributed by atoms with E-state index in [-0.39, 0.29) is 18.3 Å². The summed E-state index contributed by atoms with van der Waals surface area (Å²) < 4.78 is 38.8. The predicted octanol–water partition coefficient (Wildman–Crippen LogP) is 2.25. The van der Waals surface area contributed by atoms with Crippen LogP contribution in [0.4, 0.5) is 15.8 Å². The molecule has 0 spiro atoms. The van der Waals surface area contributed by atoms with Crippen LogP contribution in [-0.2, 0) is 14.8 Å². The van der Waals surface area contributed by atoms with Crippen molar-refractivity contribution in [3.05, 3.63) is 59.9 Å². The Hall–Kier alpha value is -2.61. The van der Waals surface area contributed by atoms with Gasteiger partial charge in [0.2, 0.25) is 15.9 Å². The molecule has 8 heteroatoms. The van der Waals surface area contributed by atoms with Crippen LogP contribution in [0.25, 0.3) is 0 Å². The molecule has 2 aromatic carbocycles. The van der Waals surface area contributed by atoms with E-state index in [1.807, 2.05) is 19.1 Å². The van der Waals surface area contributed by atoms with Crippen LogP contribution in [0.5, 0.6) is 0 Å². The molecule has 0 saturated carbocycles. The Morgan fingerprint density at radius 3 is 2.21 bits per heavy atom. The highest BCUT2D eigenvalue weighted by atomic mass is 32.2. The first-order valence-electron chi connectivity index (χ1n) is 9.07. The van der Waals surface area contributed by atoms with Gasteiger partial charge in [0.1, 0.15) is 12.4 Å². The van der Waals surface area contributed by atoms with E-state index >= 15 is 0 Å².